The first-order valence-electron chi connectivity index (χ1n) is 4.94. The van der Waals surface area contributed by atoms with Crippen molar-refractivity contribution in [3.63, 3.8) is 0 Å². The lowest BCUT2D eigenvalue weighted by molar-refractivity contribution is 0.113. The number of rotatable bonds is 5. The van der Waals surface area contributed by atoms with E-state index in [1.807, 2.05) is 6.92 Å². The molecule has 0 amide bonds. The van der Waals surface area contributed by atoms with Gasteiger partial charge >= 0.3 is 0 Å². The molecule has 1 rings (SSSR count). The van der Waals surface area contributed by atoms with Crippen LogP contribution in [0.15, 0.2) is 0 Å². The molecule has 3 nitrogen and oxygen atoms in total. The van der Waals surface area contributed by atoms with E-state index in [0.29, 0.717) is 12.1 Å². The summed E-state index contributed by atoms with van der Waals surface area (Å²) in [6.07, 6.45) is 1.40. The van der Waals surface area contributed by atoms with Crippen molar-refractivity contribution in [1.82, 2.24) is 5.32 Å². The lowest BCUT2D eigenvalue weighted by atomic mass is 10.2. The lowest BCUT2D eigenvalue weighted by Gasteiger charge is -2.15. The van der Waals surface area contributed by atoms with E-state index in [9.17, 15) is 4.21 Å². The topological polar surface area (TPSA) is 38.3 Å². The van der Waals surface area contributed by atoms with Gasteiger partial charge in [-0.2, -0.15) is 0 Å². The van der Waals surface area contributed by atoms with Crippen molar-refractivity contribution < 1.29 is 8.95 Å². The molecule has 13 heavy (non-hydrogen) atoms. The van der Waals surface area contributed by atoms with Crippen LogP contribution in [-0.4, -0.2) is 41.0 Å². The van der Waals surface area contributed by atoms with Gasteiger partial charge in [0.15, 0.2) is 0 Å². The van der Waals surface area contributed by atoms with Crippen LogP contribution in [0.25, 0.3) is 0 Å². The molecule has 1 saturated heterocycles. The van der Waals surface area contributed by atoms with E-state index in [-0.39, 0.29) is 0 Å². The largest absolute Gasteiger partial charge is 0.377 e. The molecule has 1 aliphatic heterocycles. The van der Waals surface area contributed by atoms with Crippen molar-refractivity contribution in [2.24, 2.45) is 0 Å². The van der Waals surface area contributed by atoms with Crippen LogP contribution < -0.4 is 5.32 Å². The molecule has 78 valence electrons. The molecule has 0 bridgehead atoms. The second-order valence-corrected chi connectivity index (χ2v) is 5.22. The van der Waals surface area contributed by atoms with Gasteiger partial charge in [-0.1, -0.05) is 6.92 Å². The van der Waals surface area contributed by atoms with Gasteiger partial charge in [0, 0.05) is 41.5 Å². The fourth-order valence-corrected chi connectivity index (χ4v) is 2.14. The standard InChI is InChI=1S/C9H19NO2S/c1-3-13(11)7-5-10-9-4-6-12-8(9)2/h8-10H,3-7H2,1-2H3. The molecule has 0 aliphatic carbocycles. The SMILES string of the molecule is CCS(=O)CCNC1CCOC1C. The lowest BCUT2D eigenvalue weighted by Crippen LogP contribution is -2.37. The summed E-state index contributed by atoms with van der Waals surface area (Å²) < 4.78 is 16.5. The van der Waals surface area contributed by atoms with Crippen LogP contribution in [-0.2, 0) is 15.5 Å². The second kappa shape index (κ2) is 5.73. The zero-order valence-electron chi connectivity index (χ0n) is 8.41. The van der Waals surface area contributed by atoms with E-state index in [0.717, 1.165) is 31.1 Å². The first kappa shape index (κ1) is 11.1. The predicted molar refractivity (Wildman–Crippen MR) is 55.4 cm³/mol. The van der Waals surface area contributed by atoms with Gasteiger partial charge in [0.25, 0.3) is 0 Å². The molecular weight excluding hydrogens is 186 g/mol. The molecule has 1 heterocycles. The van der Waals surface area contributed by atoms with Crippen molar-refractivity contribution >= 4 is 10.8 Å². The highest BCUT2D eigenvalue weighted by Crippen LogP contribution is 2.11. The van der Waals surface area contributed by atoms with Gasteiger partial charge in [-0.15, -0.1) is 0 Å². The molecule has 1 fully saturated rings. The fourth-order valence-electron chi connectivity index (χ4n) is 1.50. The van der Waals surface area contributed by atoms with Crippen molar-refractivity contribution in [2.45, 2.75) is 32.4 Å². The molecule has 1 aliphatic rings. The third-order valence-electron chi connectivity index (χ3n) is 2.43. The maximum absolute atomic E-state index is 11.1. The smallest absolute Gasteiger partial charge is 0.0700 e. The summed E-state index contributed by atoms with van der Waals surface area (Å²) in [6.45, 7) is 5.74. The number of ether oxygens (including phenoxy) is 1. The summed E-state index contributed by atoms with van der Waals surface area (Å²) in [5, 5.41) is 3.38. The van der Waals surface area contributed by atoms with E-state index in [1.165, 1.54) is 0 Å². The van der Waals surface area contributed by atoms with Crippen LogP contribution in [0.1, 0.15) is 20.3 Å². The van der Waals surface area contributed by atoms with E-state index >= 15 is 0 Å². The van der Waals surface area contributed by atoms with Crippen LogP contribution in [0.3, 0.4) is 0 Å². The first-order valence-corrected chi connectivity index (χ1v) is 6.42. The monoisotopic (exact) mass is 205 g/mol. The highest BCUT2D eigenvalue weighted by atomic mass is 32.2. The van der Waals surface area contributed by atoms with Gasteiger partial charge in [0.05, 0.1) is 6.10 Å². The average molecular weight is 205 g/mol. The van der Waals surface area contributed by atoms with Gasteiger partial charge in [-0.25, -0.2) is 0 Å². The molecular formula is C9H19NO2S. The highest BCUT2D eigenvalue weighted by molar-refractivity contribution is 7.84. The molecule has 0 aromatic heterocycles. The van der Waals surface area contributed by atoms with Crippen molar-refractivity contribution in [3.8, 4) is 0 Å². The van der Waals surface area contributed by atoms with Gasteiger partial charge in [0.2, 0.25) is 0 Å². The van der Waals surface area contributed by atoms with E-state index in [1.54, 1.807) is 0 Å². The summed E-state index contributed by atoms with van der Waals surface area (Å²) in [4.78, 5) is 0. The Bertz CT molecular complexity index is 175. The maximum atomic E-state index is 11.1. The van der Waals surface area contributed by atoms with Crippen LogP contribution in [0.4, 0.5) is 0 Å². The van der Waals surface area contributed by atoms with Gasteiger partial charge in [0.1, 0.15) is 0 Å². The van der Waals surface area contributed by atoms with Gasteiger partial charge < -0.3 is 10.1 Å². The average Bonchev–Trinajstić information content (AvgIpc) is 2.52. The molecule has 0 aromatic rings. The molecule has 3 atom stereocenters. The summed E-state index contributed by atoms with van der Waals surface area (Å²) in [5.74, 6) is 1.53. The number of hydrogen-bond donors (Lipinski definition) is 1. The Hall–Kier alpha value is 0.0700. The van der Waals surface area contributed by atoms with E-state index < -0.39 is 10.8 Å². The van der Waals surface area contributed by atoms with E-state index in [2.05, 4.69) is 12.2 Å². The molecule has 4 heteroatoms. The molecule has 3 unspecified atom stereocenters. The summed E-state index contributed by atoms with van der Waals surface area (Å²) in [5.41, 5.74) is 0. The number of hydrogen-bond acceptors (Lipinski definition) is 3. The van der Waals surface area contributed by atoms with Gasteiger partial charge in [-0.3, -0.25) is 4.21 Å². The Balaban J connectivity index is 2.08. The van der Waals surface area contributed by atoms with Crippen molar-refractivity contribution in [3.05, 3.63) is 0 Å². The molecule has 0 saturated carbocycles. The van der Waals surface area contributed by atoms with Crippen LogP contribution in [0.5, 0.6) is 0 Å². The zero-order chi connectivity index (χ0) is 9.68. The van der Waals surface area contributed by atoms with Crippen LogP contribution in [0.2, 0.25) is 0 Å². The third kappa shape index (κ3) is 3.75. The maximum Gasteiger partial charge on any atom is 0.0700 e. The van der Waals surface area contributed by atoms with Crippen molar-refractivity contribution in [1.29, 1.82) is 0 Å². The predicted octanol–water partition coefficient (Wildman–Crippen LogP) is 0.522. The van der Waals surface area contributed by atoms with Crippen molar-refractivity contribution in [2.75, 3.05) is 24.7 Å². The minimum Gasteiger partial charge on any atom is -0.377 e. The Kier molecular flexibility index (Phi) is 4.91. The summed E-state index contributed by atoms with van der Waals surface area (Å²) in [7, 11) is -0.642. The van der Waals surface area contributed by atoms with E-state index in [4.69, 9.17) is 4.74 Å². The summed E-state index contributed by atoms with van der Waals surface area (Å²) in [6, 6.07) is 0.467. The second-order valence-electron chi connectivity index (χ2n) is 3.36. The third-order valence-corrected chi connectivity index (χ3v) is 3.74. The normalized spacial score (nSPS) is 30.6. The van der Waals surface area contributed by atoms with Gasteiger partial charge in [-0.05, 0) is 13.3 Å². The Morgan fingerprint density at radius 2 is 2.38 bits per heavy atom. The highest BCUT2D eigenvalue weighted by Gasteiger charge is 2.22. The molecule has 0 radical (unpaired) electrons. The quantitative estimate of drug-likeness (QED) is 0.711. The Labute approximate surface area is 82.7 Å². The molecule has 0 aromatic carbocycles. The Morgan fingerprint density at radius 3 is 2.92 bits per heavy atom. The molecule has 0 spiro atoms. The van der Waals surface area contributed by atoms with Crippen LogP contribution >= 0.6 is 0 Å². The fraction of sp³-hybridized carbons (Fsp3) is 1.00. The number of nitrogens with one attached hydrogen (secondary N) is 1. The zero-order valence-corrected chi connectivity index (χ0v) is 9.23. The molecule has 1 N–H and O–H groups in total. The minimum absolute atomic E-state index is 0.315. The first-order chi connectivity index (χ1) is 6.24. The Morgan fingerprint density at radius 1 is 1.62 bits per heavy atom. The summed E-state index contributed by atoms with van der Waals surface area (Å²) >= 11 is 0. The minimum atomic E-state index is -0.642. The van der Waals surface area contributed by atoms with Crippen LogP contribution in [0, 0.1) is 0 Å².